The molecular formula is C12H13F2N3O2. The summed E-state index contributed by atoms with van der Waals surface area (Å²) >= 11 is 0. The summed E-state index contributed by atoms with van der Waals surface area (Å²) in [5.74, 6) is -2.61. The minimum atomic E-state index is -0.958. The second-order valence-corrected chi connectivity index (χ2v) is 4.25. The van der Waals surface area contributed by atoms with Crippen molar-refractivity contribution in [3.05, 3.63) is 29.3 Å². The topological polar surface area (TPSA) is 75.4 Å². The van der Waals surface area contributed by atoms with Gasteiger partial charge in [0.15, 0.2) is 0 Å². The highest BCUT2D eigenvalue weighted by Crippen LogP contribution is 2.18. The van der Waals surface area contributed by atoms with E-state index >= 15 is 0 Å². The fourth-order valence-electron chi connectivity index (χ4n) is 1.87. The van der Waals surface area contributed by atoms with Gasteiger partial charge in [0, 0.05) is 32.1 Å². The van der Waals surface area contributed by atoms with Gasteiger partial charge in [-0.15, -0.1) is 0 Å². The van der Waals surface area contributed by atoms with Gasteiger partial charge in [-0.1, -0.05) is 0 Å². The highest BCUT2D eigenvalue weighted by molar-refractivity contribution is 5.95. The van der Waals surface area contributed by atoms with Crippen molar-refractivity contribution in [3.63, 3.8) is 0 Å². The van der Waals surface area contributed by atoms with E-state index in [2.05, 4.69) is 5.32 Å². The van der Waals surface area contributed by atoms with E-state index in [9.17, 15) is 18.4 Å². The van der Waals surface area contributed by atoms with Crippen molar-refractivity contribution in [3.8, 4) is 0 Å². The Balaban J connectivity index is 2.24. The van der Waals surface area contributed by atoms with Crippen LogP contribution < -0.4 is 11.1 Å². The number of nitrogens with one attached hydrogen (secondary N) is 1. The number of carbonyl (C=O) groups is 2. The first-order chi connectivity index (χ1) is 8.99. The Hall–Kier alpha value is -2.18. The Labute approximate surface area is 108 Å². The van der Waals surface area contributed by atoms with Gasteiger partial charge in [0.2, 0.25) is 5.91 Å². The van der Waals surface area contributed by atoms with Gasteiger partial charge < -0.3 is 16.0 Å². The van der Waals surface area contributed by atoms with E-state index in [4.69, 9.17) is 5.73 Å². The Bertz CT molecular complexity index is 534. The Morgan fingerprint density at radius 1 is 1.26 bits per heavy atom. The molecule has 1 aliphatic rings. The Kier molecular flexibility index (Phi) is 3.64. The zero-order valence-electron chi connectivity index (χ0n) is 10.1. The molecular weight excluding hydrogens is 256 g/mol. The lowest BCUT2D eigenvalue weighted by atomic mass is 10.1. The van der Waals surface area contributed by atoms with Crippen LogP contribution in [0.15, 0.2) is 12.1 Å². The number of nitrogens with two attached hydrogens (primary N) is 1. The number of nitrogens with zero attached hydrogens (tertiary/aromatic N) is 1. The largest absolute Gasteiger partial charge is 0.396 e. The highest BCUT2D eigenvalue weighted by atomic mass is 19.1. The molecule has 102 valence electrons. The lowest BCUT2D eigenvalue weighted by Gasteiger charge is -2.20. The molecule has 3 N–H and O–H groups in total. The lowest BCUT2D eigenvalue weighted by molar-refractivity contribution is -0.120. The molecule has 1 fully saturated rings. The zero-order chi connectivity index (χ0) is 14.0. The van der Waals surface area contributed by atoms with Gasteiger partial charge in [-0.3, -0.25) is 9.59 Å². The van der Waals surface area contributed by atoms with Gasteiger partial charge in [0.1, 0.15) is 11.6 Å². The van der Waals surface area contributed by atoms with Gasteiger partial charge in [-0.05, 0) is 6.07 Å². The van der Waals surface area contributed by atoms with E-state index in [-0.39, 0.29) is 36.7 Å². The Morgan fingerprint density at radius 2 is 2.00 bits per heavy atom. The normalized spacial score (nSPS) is 15.9. The number of anilines is 1. The zero-order valence-corrected chi connectivity index (χ0v) is 10.1. The molecule has 0 atom stereocenters. The lowest BCUT2D eigenvalue weighted by Crippen LogP contribution is -2.34. The molecule has 2 rings (SSSR count). The standard InChI is InChI=1S/C12H13F2N3O2/c13-8-6-9(14)10(15)5-7(8)12(19)17-3-1-11(18)16-2-4-17/h5-6H,1-4,15H2,(H,16,18). The SMILES string of the molecule is Nc1cc(C(=O)N2CCNC(=O)CC2)c(F)cc1F. The Morgan fingerprint density at radius 3 is 2.74 bits per heavy atom. The molecule has 0 unspecified atom stereocenters. The number of rotatable bonds is 1. The number of benzene rings is 1. The predicted octanol–water partition coefficient (Wildman–Crippen LogP) is 0.509. The van der Waals surface area contributed by atoms with Crippen molar-refractivity contribution >= 4 is 17.5 Å². The number of amides is 2. The summed E-state index contributed by atoms with van der Waals surface area (Å²) in [5.41, 5.74) is 4.76. The third kappa shape index (κ3) is 2.81. The fraction of sp³-hybridized carbons (Fsp3) is 0.333. The number of halogens is 2. The maximum atomic E-state index is 13.6. The molecule has 19 heavy (non-hydrogen) atoms. The number of carbonyl (C=O) groups excluding carboxylic acids is 2. The summed E-state index contributed by atoms with van der Waals surface area (Å²) in [6.45, 7) is 0.783. The van der Waals surface area contributed by atoms with Crippen LogP contribution in [0.1, 0.15) is 16.8 Å². The predicted molar refractivity (Wildman–Crippen MR) is 64.3 cm³/mol. The first-order valence-electron chi connectivity index (χ1n) is 5.79. The fourth-order valence-corrected chi connectivity index (χ4v) is 1.87. The van der Waals surface area contributed by atoms with Crippen LogP contribution >= 0.6 is 0 Å². The third-order valence-electron chi connectivity index (χ3n) is 2.92. The summed E-state index contributed by atoms with van der Waals surface area (Å²) in [5, 5.41) is 2.60. The molecule has 1 heterocycles. The first kappa shape index (κ1) is 13.3. The molecule has 0 aromatic heterocycles. The van der Waals surface area contributed by atoms with Crippen LogP contribution in [0.2, 0.25) is 0 Å². The number of hydrogen-bond donors (Lipinski definition) is 2. The molecule has 1 aromatic rings. The van der Waals surface area contributed by atoms with Crippen LogP contribution in [0.3, 0.4) is 0 Å². The molecule has 1 aromatic carbocycles. The molecule has 2 amide bonds. The van der Waals surface area contributed by atoms with E-state index in [1.807, 2.05) is 0 Å². The number of hydrogen-bond acceptors (Lipinski definition) is 3. The average Bonchev–Trinajstić information content (AvgIpc) is 2.58. The highest BCUT2D eigenvalue weighted by Gasteiger charge is 2.23. The van der Waals surface area contributed by atoms with Crippen molar-refractivity contribution in [2.45, 2.75) is 6.42 Å². The van der Waals surface area contributed by atoms with Crippen molar-refractivity contribution in [1.82, 2.24) is 10.2 Å². The maximum absolute atomic E-state index is 13.6. The maximum Gasteiger partial charge on any atom is 0.256 e. The summed E-state index contributed by atoms with van der Waals surface area (Å²) in [7, 11) is 0. The molecule has 0 aliphatic carbocycles. The second-order valence-electron chi connectivity index (χ2n) is 4.25. The molecule has 0 saturated carbocycles. The van der Waals surface area contributed by atoms with Crippen molar-refractivity contribution in [1.29, 1.82) is 0 Å². The van der Waals surface area contributed by atoms with Gasteiger partial charge in [-0.2, -0.15) is 0 Å². The van der Waals surface area contributed by atoms with E-state index in [1.54, 1.807) is 0 Å². The van der Waals surface area contributed by atoms with Crippen LogP contribution in [-0.4, -0.2) is 36.3 Å². The van der Waals surface area contributed by atoms with Crippen LogP contribution in [0, 0.1) is 11.6 Å². The van der Waals surface area contributed by atoms with Crippen LogP contribution in [0.4, 0.5) is 14.5 Å². The molecule has 0 radical (unpaired) electrons. The minimum Gasteiger partial charge on any atom is -0.396 e. The van der Waals surface area contributed by atoms with Crippen LogP contribution in [-0.2, 0) is 4.79 Å². The van der Waals surface area contributed by atoms with E-state index in [0.717, 1.165) is 6.07 Å². The van der Waals surface area contributed by atoms with Crippen molar-refractivity contribution < 1.29 is 18.4 Å². The third-order valence-corrected chi connectivity index (χ3v) is 2.92. The monoisotopic (exact) mass is 269 g/mol. The molecule has 1 aliphatic heterocycles. The van der Waals surface area contributed by atoms with Crippen LogP contribution in [0.25, 0.3) is 0 Å². The molecule has 1 saturated heterocycles. The molecule has 0 bridgehead atoms. The molecule has 0 spiro atoms. The van der Waals surface area contributed by atoms with Crippen LogP contribution in [0.5, 0.6) is 0 Å². The van der Waals surface area contributed by atoms with E-state index in [0.29, 0.717) is 12.6 Å². The second kappa shape index (κ2) is 5.21. The number of nitrogen functional groups attached to an aromatic ring is 1. The average molecular weight is 269 g/mol. The quantitative estimate of drug-likeness (QED) is 0.729. The van der Waals surface area contributed by atoms with Crippen molar-refractivity contribution in [2.75, 3.05) is 25.4 Å². The first-order valence-corrected chi connectivity index (χ1v) is 5.79. The summed E-state index contributed by atoms with van der Waals surface area (Å²) in [6.07, 6.45) is 0.157. The van der Waals surface area contributed by atoms with Gasteiger partial charge >= 0.3 is 0 Å². The summed E-state index contributed by atoms with van der Waals surface area (Å²) < 4.78 is 26.6. The summed E-state index contributed by atoms with van der Waals surface area (Å²) in [4.78, 5) is 24.6. The molecule has 5 nitrogen and oxygen atoms in total. The van der Waals surface area contributed by atoms with Gasteiger partial charge in [-0.25, -0.2) is 8.78 Å². The van der Waals surface area contributed by atoms with Gasteiger partial charge in [0.25, 0.3) is 5.91 Å². The van der Waals surface area contributed by atoms with E-state index in [1.165, 1.54) is 4.90 Å². The van der Waals surface area contributed by atoms with Crippen molar-refractivity contribution in [2.24, 2.45) is 0 Å². The summed E-state index contributed by atoms with van der Waals surface area (Å²) in [6, 6.07) is 1.57. The van der Waals surface area contributed by atoms with E-state index < -0.39 is 17.5 Å². The molecule has 7 heteroatoms. The minimum absolute atomic E-state index is 0.157. The smallest absolute Gasteiger partial charge is 0.256 e. The van der Waals surface area contributed by atoms with Gasteiger partial charge in [0.05, 0.1) is 11.3 Å².